The zero-order valence-electron chi connectivity index (χ0n) is 9.87. The van der Waals surface area contributed by atoms with Crippen LogP contribution in [-0.2, 0) is 0 Å². The van der Waals surface area contributed by atoms with Crippen molar-refractivity contribution >= 4 is 0 Å². The number of nitrogens with zero attached hydrogens (tertiary/aromatic N) is 1. The van der Waals surface area contributed by atoms with Crippen LogP contribution in [0.4, 0.5) is 13.2 Å². The summed E-state index contributed by atoms with van der Waals surface area (Å²) in [7, 11) is 0. The quantitative estimate of drug-likeness (QED) is 0.880. The van der Waals surface area contributed by atoms with Gasteiger partial charge in [0.2, 0.25) is 0 Å². The van der Waals surface area contributed by atoms with E-state index in [0.717, 1.165) is 18.8 Å². The Morgan fingerprint density at radius 3 is 2.28 bits per heavy atom. The number of halogens is 3. The molecule has 2 nitrogen and oxygen atoms in total. The van der Waals surface area contributed by atoms with Gasteiger partial charge in [-0.05, 0) is 24.5 Å². The lowest BCUT2D eigenvalue weighted by Gasteiger charge is -2.36. The van der Waals surface area contributed by atoms with E-state index in [2.05, 4.69) is 10.3 Å². The van der Waals surface area contributed by atoms with Gasteiger partial charge in [0, 0.05) is 36.8 Å². The molecule has 1 aliphatic carbocycles. The lowest BCUT2D eigenvalue weighted by atomic mass is 9.72. The highest BCUT2D eigenvalue weighted by molar-refractivity contribution is 5.24. The van der Waals surface area contributed by atoms with E-state index in [0.29, 0.717) is 5.92 Å². The van der Waals surface area contributed by atoms with E-state index in [1.165, 1.54) is 5.56 Å². The summed E-state index contributed by atoms with van der Waals surface area (Å²) >= 11 is 0. The fraction of sp³-hybridized carbons (Fsp3) is 0.615. The molecule has 98 valence electrons. The number of nitrogens with one attached hydrogen (secondary N) is 1. The highest BCUT2D eigenvalue weighted by atomic mass is 19.4. The molecule has 3 rings (SSSR count). The van der Waals surface area contributed by atoms with Gasteiger partial charge in [-0.1, -0.05) is 6.07 Å². The fourth-order valence-corrected chi connectivity index (χ4v) is 2.55. The summed E-state index contributed by atoms with van der Waals surface area (Å²) in [5.74, 6) is -0.610. The van der Waals surface area contributed by atoms with Crippen molar-refractivity contribution in [2.24, 2.45) is 5.92 Å². The second-order valence-corrected chi connectivity index (χ2v) is 5.28. The molecule has 1 aromatic heterocycles. The Morgan fingerprint density at radius 2 is 1.83 bits per heavy atom. The molecule has 1 N–H and O–H groups in total. The summed E-state index contributed by atoms with van der Waals surface area (Å²) in [5.41, 5.74) is 2.00. The molecule has 1 saturated heterocycles. The first-order valence-electron chi connectivity index (χ1n) is 6.27. The van der Waals surface area contributed by atoms with Gasteiger partial charge in [-0.25, -0.2) is 0 Å². The maximum atomic E-state index is 12.4. The molecule has 0 spiro atoms. The molecule has 0 radical (unpaired) electrons. The van der Waals surface area contributed by atoms with E-state index in [-0.39, 0.29) is 18.8 Å². The number of aromatic nitrogens is 1. The lowest BCUT2D eigenvalue weighted by Crippen LogP contribution is -2.40. The second-order valence-electron chi connectivity index (χ2n) is 5.28. The standard InChI is InChI=1S/C13H15F3N2/c14-13(15,16)11-3-9(4-11)12-2-1-8(7-18-12)10-5-17-6-10/h1-2,7,9-11,17H,3-6H2/t9-,11+. The van der Waals surface area contributed by atoms with Gasteiger partial charge in [-0.3, -0.25) is 4.98 Å². The average Bonchev–Trinajstić information content (AvgIpc) is 2.13. The molecule has 1 aliphatic heterocycles. The SMILES string of the molecule is FC(F)(F)[C@H]1C[C@@H](c2ccc(C3CNC3)cn2)C1. The minimum Gasteiger partial charge on any atom is -0.315 e. The van der Waals surface area contributed by atoms with Crippen molar-refractivity contribution in [1.29, 1.82) is 0 Å². The zero-order chi connectivity index (χ0) is 12.8. The van der Waals surface area contributed by atoms with Crippen molar-refractivity contribution in [1.82, 2.24) is 10.3 Å². The Balaban J connectivity index is 1.61. The third-order valence-corrected chi connectivity index (χ3v) is 4.08. The van der Waals surface area contributed by atoms with Crippen LogP contribution in [-0.4, -0.2) is 24.2 Å². The van der Waals surface area contributed by atoms with Crippen LogP contribution in [0, 0.1) is 5.92 Å². The van der Waals surface area contributed by atoms with Gasteiger partial charge in [0.1, 0.15) is 0 Å². The van der Waals surface area contributed by atoms with Crippen molar-refractivity contribution in [2.45, 2.75) is 30.9 Å². The van der Waals surface area contributed by atoms with Gasteiger partial charge in [0.15, 0.2) is 0 Å². The fourth-order valence-electron chi connectivity index (χ4n) is 2.55. The normalized spacial score (nSPS) is 28.6. The minimum absolute atomic E-state index is 0.00908. The molecular weight excluding hydrogens is 241 g/mol. The first-order valence-corrected chi connectivity index (χ1v) is 6.27. The number of hydrogen-bond acceptors (Lipinski definition) is 2. The van der Waals surface area contributed by atoms with Crippen molar-refractivity contribution < 1.29 is 13.2 Å². The van der Waals surface area contributed by atoms with E-state index in [9.17, 15) is 13.2 Å². The summed E-state index contributed by atoms with van der Waals surface area (Å²) < 4.78 is 37.2. The van der Waals surface area contributed by atoms with Crippen LogP contribution >= 0.6 is 0 Å². The summed E-state index contributed by atoms with van der Waals surface area (Å²) in [4.78, 5) is 4.32. The zero-order valence-corrected chi connectivity index (χ0v) is 9.87. The van der Waals surface area contributed by atoms with Gasteiger partial charge in [-0.2, -0.15) is 13.2 Å². The van der Waals surface area contributed by atoms with E-state index in [4.69, 9.17) is 0 Å². The average molecular weight is 256 g/mol. The Kier molecular flexibility index (Phi) is 2.81. The Hall–Kier alpha value is -1.10. The Bertz CT molecular complexity index is 417. The summed E-state index contributed by atoms with van der Waals surface area (Å²) in [6.45, 7) is 1.95. The van der Waals surface area contributed by atoms with Crippen LogP contribution in [0.5, 0.6) is 0 Å². The molecule has 5 heteroatoms. The van der Waals surface area contributed by atoms with E-state index < -0.39 is 12.1 Å². The molecule has 2 heterocycles. The first kappa shape index (κ1) is 12.0. The van der Waals surface area contributed by atoms with Gasteiger partial charge in [-0.15, -0.1) is 0 Å². The van der Waals surface area contributed by atoms with Gasteiger partial charge in [0.25, 0.3) is 0 Å². The number of pyridine rings is 1. The van der Waals surface area contributed by atoms with E-state index in [1.807, 2.05) is 18.3 Å². The highest BCUT2D eigenvalue weighted by Crippen LogP contribution is 2.48. The van der Waals surface area contributed by atoms with Crippen LogP contribution in [0.2, 0.25) is 0 Å². The number of hydrogen-bond donors (Lipinski definition) is 1. The topological polar surface area (TPSA) is 24.9 Å². The summed E-state index contributed by atoms with van der Waals surface area (Å²) in [6, 6.07) is 3.90. The molecule has 2 fully saturated rings. The molecule has 0 unspecified atom stereocenters. The van der Waals surface area contributed by atoms with E-state index >= 15 is 0 Å². The number of rotatable bonds is 2. The molecule has 1 aromatic rings. The predicted octanol–water partition coefficient (Wildman–Crippen LogP) is 2.82. The Morgan fingerprint density at radius 1 is 1.11 bits per heavy atom. The maximum absolute atomic E-state index is 12.4. The molecule has 18 heavy (non-hydrogen) atoms. The monoisotopic (exact) mass is 256 g/mol. The summed E-state index contributed by atoms with van der Waals surface area (Å²) in [5, 5.41) is 3.19. The molecule has 0 atom stereocenters. The second kappa shape index (κ2) is 4.23. The Labute approximate surface area is 104 Å². The third kappa shape index (κ3) is 2.11. The van der Waals surface area contributed by atoms with E-state index in [1.54, 1.807) is 0 Å². The first-order chi connectivity index (χ1) is 8.54. The molecule has 1 saturated carbocycles. The molecule has 0 bridgehead atoms. The summed E-state index contributed by atoms with van der Waals surface area (Å²) in [6.07, 6.45) is -1.82. The van der Waals surface area contributed by atoms with Crippen molar-refractivity contribution in [3.05, 3.63) is 29.6 Å². The van der Waals surface area contributed by atoms with Gasteiger partial charge >= 0.3 is 6.18 Å². The van der Waals surface area contributed by atoms with Gasteiger partial charge < -0.3 is 5.32 Å². The lowest BCUT2D eigenvalue weighted by molar-refractivity contribution is -0.197. The van der Waals surface area contributed by atoms with Crippen molar-refractivity contribution in [3.63, 3.8) is 0 Å². The molecule has 2 aliphatic rings. The minimum atomic E-state index is -4.03. The predicted molar refractivity (Wildman–Crippen MR) is 61.4 cm³/mol. The third-order valence-electron chi connectivity index (χ3n) is 4.08. The molecular formula is C13H15F3N2. The molecule has 0 aromatic carbocycles. The largest absolute Gasteiger partial charge is 0.391 e. The number of alkyl halides is 3. The van der Waals surface area contributed by atoms with Crippen molar-refractivity contribution in [2.75, 3.05) is 13.1 Å². The van der Waals surface area contributed by atoms with Crippen LogP contribution in [0.3, 0.4) is 0 Å². The van der Waals surface area contributed by atoms with Crippen LogP contribution in [0.15, 0.2) is 18.3 Å². The van der Waals surface area contributed by atoms with Gasteiger partial charge in [0.05, 0.1) is 5.92 Å². The maximum Gasteiger partial charge on any atom is 0.391 e. The van der Waals surface area contributed by atoms with Crippen LogP contribution in [0.25, 0.3) is 0 Å². The van der Waals surface area contributed by atoms with Crippen molar-refractivity contribution in [3.8, 4) is 0 Å². The molecule has 0 amide bonds. The van der Waals surface area contributed by atoms with Crippen LogP contribution in [0.1, 0.15) is 35.9 Å². The van der Waals surface area contributed by atoms with Crippen LogP contribution < -0.4 is 5.32 Å². The highest BCUT2D eigenvalue weighted by Gasteiger charge is 2.48. The smallest absolute Gasteiger partial charge is 0.315 e.